The van der Waals surface area contributed by atoms with Gasteiger partial charge in [-0.05, 0) is 59.1 Å². The number of hydrogen-bond acceptors (Lipinski definition) is 7. The molecule has 1 aliphatic rings. The van der Waals surface area contributed by atoms with E-state index in [1.165, 1.54) is 24.3 Å². The largest absolute Gasteiger partial charge is 0.491 e. The maximum absolute atomic E-state index is 12.9. The van der Waals surface area contributed by atoms with Gasteiger partial charge in [0.05, 0.1) is 11.4 Å². The summed E-state index contributed by atoms with van der Waals surface area (Å²) >= 11 is 0.825. The van der Waals surface area contributed by atoms with E-state index in [4.69, 9.17) is 8.92 Å². The molecule has 0 spiro atoms. The summed E-state index contributed by atoms with van der Waals surface area (Å²) in [4.78, 5) is 26.8. The van der Waals surface area contributed by atoms with Crippen LogP contribution in [-0.4, -0.2) is 37.6 Å². The molecule has 1 saturated heterocycles. The van der Waals surface area contributed by atoms with Crippen LogP contribution in [-0.2, 0) is 14.9 Å². The van der Waals surface area contributed by atoms with E-state index in [1.54, 1.807) is 36.4 Å². The second kappa shape index (κ2) is 10.5. The number of nitrogens with zero attached hydrogens (tertiary/aromatic N) is 1. The van der Waals surface area contributed by atoms with Gasteiger partial charge in [0.25, 0.3) is 11.1 Å². The zero-order valence-electron chi connectivity index (χ0n) is 19.4. The van der Waals surface area contributed by atoms with Crippen molar-refractivity contribution in [2.24, 2.45) is 0 Å². The summed E-state index contributed by atoms with van der Waals surface area (Å²) in [6.45, 7) is 0.254. The molecule has 0 radical (unpaired) electrons. The number of carbonyl (C=O) groups is 2. The topological polar surface area (TPSA) is 90.0 Å². The van der Waals surface area contributed by atoms with Crippen LogP contribution in [0.3, 0.4) is 0 Å². The third kappa shape index (κ3) is 5.52. The lowest BCUT2D eigenvalue weighted by Gasteiger charge is -2.14. The normalized spacial score (nSPS) is 14.9. The van der Waals surface area contributed by atoms with Crippen molar-refractivity contribution in [2.75, 3.05) is 13.2 Å². The molecular weight excluding hydrogens is 510 g/mol. The molecule has 0 bridgehead atoms. The lowest BCUT2D eigenvalue weighted by atomic mass is 10.1. The van der Waals surface area contributed by atoms with Crippen LogP contribution in [0, 0.1) is 0 Å². The first kappa shape index (κ1) is 24.6. The fourth-order valence-corrected chi connectivity index (χ4v) is 5.64. The van der Waals surface area contributed by atoms with Gasteiger partial charge >= 0.3 is 10.1 Å². The van der Waals surface area contributed by atoms with Gasteiger partial charge in [0.1, 0.15) is 23.0 Å². The number of fused-ring (bicyclic) bond motifs is 1. The highest BCUT2D eigenvalue weighted by Crippen LogP contribution is 2.33. The fourth-order valence-electron chi connectivity index (χ4n) is 3.83. The molecule has 5 rings (SSSR count). The van der Waals surface area contributed by atoms with E-state index in [0.29, 0.717) is 11.3 Å². The molecule has 1 heterocycles. The van der Waals surface area contributed by atoms with Gasteiger partial charge in [-0.1, -0.05) is 66.7 Å². The molecule has 0 saturated carbocycles. The van der Waals surface area contributed by atoms with Crippen molar-refractivity contribution in [1.82, 2.24) is 4.90 Å². The van der Waals surface area contributed by atoms with E-state index in [2.05, 4.69) is 0 Å². The number of carbonyl (C=O) groups excluding carboxylic acids is 2. The number of amides is 2. The van der Waals surface area contributed by atoms with Crippen molar-refractivity contribution in [2.45, 2.75) is 4.90 Å². The van der Waals surface area contributed by atoms with Crippen LogP contribution in [0.2, 0.25) is 0 Å². The first-order chi connectivity index (χ1) is 17.9. The fraction of sp³-hybridized carbons (Fsp3) is 0.0714. The third-order valence-corrected chi connectivity index (χ3v) is 7.76. The maximum Gasteiger partial charge on any atom is 0.339 e. The number of benzene rings is 4. The summed E-state index contributed by atoms with van der Waals surface area (Å²) in [6, 6.07) is 27.7. The molecule has 2 amide bonds. The molecule has 0 N–H and O–H groups in total. The van der Waals surface area contributed by atoms with Crippen molar-refractivity contribution in [3.63, 3.8) is 0 Å². The van der Waals surface area contributed by atoms with E-state index < -0.39 is 21.3 Å². The zero-order valence-corrected chi connectivity index (χ0v) is 21.1. The lowest BCUT2D eigenvalue weighted by molar-refractivity contribution is -0.123. The smallest absolute Gasteiger partial charge is 0.339 e. The van der Waals surface area contributed by atoms with Gasteiger partial charge in [0.15, 0.2) is 0 Å². The van der Waals surface area contributed by atoms with Gasteiger partial charge in [-0.3, -0.25) is 14.5 Å². The molecule has 4 aromatic carbocycles. The van der Waals surface area contributed by atoms with Crippen LogP contribution < -0.4 is 8.92 Å². The Hall–Kier alpha value is -4.08. The van der Waals surface area contributed by atoms with Gasteiger partial charge in [0, 0.05) is 5.39 Å². The van der Waals surface area contributed by atoms with Crippen LogP contribution in [0.5, 0.6) is 11.5 Å². The molecule has 7 nitrogen and oxygen atoms in total. The van der Waals surface area contributed by atoms with Crippen molar-refractivity contribution >= 4 is 49.9 Å². The minimum absolute atomic E-state index is 0.0345. The Morgan fingerprint density at radius 1 is 0.838 bits per heavy atom. The van der Waals surface area contributed by atoms with Crippen molar-refractivity contribution in [3.8, 4) is 11.5 Å². The molecule has 0 aromatic heterocycles. The SMILES string of the molecule is O=C1S/C(=C\c2cccc(OS(=O)(=O)c3ccccc3)c2)C(=O)N1CCOc1cccc2ccccc12. The Balaban J connectivity index is 1.26. The van der Waals surface area contributed by atoms with Crippen molar-refractivity contribution in [1.29, 1.82) is 0 Å². The Morgan fingerprint density at radius 2 is 1.57 bits per heavy atom. The van der Waals surface area contributed by atoms with E-state index >= 15 is 0 Å². The average molecular weight is 532 g/mol. The van der Waals surface area contributed by atoms with Gasteiger partial charge < -0.3 is 8.92 Å². The van der Waals surface area contributed by atoms with Crippen molar-refractivity contribution in [3.05, 3.63) is 108 Å². The lowest BCUT2D eigenvalue weighted by Crippen LogP contribution is -2.32. The molecule has 0 aliphatic carbocycles. The number of hydrogen-bond donors (Lipinski definition) is 0. The van der Waals surface area contributed by atoms with Crippen LogP contribution in [0.25, 0.3) is 16.8 Å². The molecule has 186 valence electrons. The van der Waals surface area contributed by atoms with Crippen LogP contribution >= 0.6 is 11.8 Å². The summed E-state index contributed by atoms with van der Waals surface area (Å²) in [5.74, 6) is 0.350. The van der Waals surface area contributed by atoms with Crippen LogP contribution in [0.4, 0.5) is 4.79 Å². The summed E-state index contributed by atoms with van der Waals surface area (Å²) < 4.78 is 36.2. The Labute approximate surface area is 218 Å². The van der Waals surface area contributed by atoms with Gasteiger partial charge in [-0.25, -0.2) is 0 Å². The van der Waals surface area contributed by atoms with Gasteiger partial charge in [0.2, 0.25) is 0 Å². The molecule has 0 unspecified atom stereocenters. The molecule has 1 fully saturated rings. The minimum atomic E-state index is -4.00. The number of imide groups is 1. The standard InChI is InChI=1S/C28H21NO6S2/c30-27-26(19-20-8-6-11-22(18-20)35-37(32,33)23-12-2-1-3-13-23)36-28(31)29(27)16-17-34-25-15-7-10-21-9-4-5-14-24(21)25/h1-15,18-19H,16-17H2/b26-19-. The zero-order chi connectivity index (χ0) is 25.8. The first-order valence-corrected chi connectivity index (χ1v) is 13.6. The van der Waals surface area contributed by atoms with E-state index in [0.717, 1.165) is 27.4 Å². The molecule has 4 aromatic rings. The highest BCUT2D eigenvalue weighted by molar-refractivity contribution is 8.18. The quantitative estimate of drug-likeness (QED) is 0.212. The van der Waals surface area contributed by atoms with Gasteiger partial charge in [-0.15, -0.1) is 0 Å². The second-order valence-corrected chi connectivity index (χ2v) is 10.6. The summed E-state index contributed by atoms with van der Waals surface area (Å²) in [5, 5.41) is 1.60. The predicted octanol–water partition coefficient (Wildman–Crippen LogP) is 5.72. The van der Waals surface area contributed by atoms with Gasteiger partial charge in [-0.2, -0.15) is 8.42 Å². The molecule has 37 heavy (non-hydrogen) atoms. The Bertz CT molecular complexity index is 1610. The van der Waals surface area contributed by atoms with Crippen molar-refractivity contribution < 1.29 is 26.9 Å². The van der Waals surface area contributed by atoms with E-state index in [-0.39, 0.29) is 28.7 Å². The average Bonchev–Trinajstić information content (AvgIpc) is 3.16. The summed E-state index contributed by atoms with van der Waals surface area (Å²) in [5.41, 5.74) is 0.526. The first-order valence-electron chi connectivity index (χ1n) is 11.4. The Morgan fingerprint density at radius 3 is 2.41 bits per heavy atom. The number of thioether (sulfide) groups is 1. The predicted molar refractivity (Wildman–Crippen MR) is 143 cm³/mol. The second-order valence-electron chi connectivity index (χ2n) is 8.08. The molecule has 9 heteroatoms. The van der Waals surface area contributed by atoms with E-state index in [1.807, 2.05) is 42.5 Å². The monoisotopic (exact) mass is 531 g/mol. The maximum atomic E-state index is 12.9. The van der Waals surface area contributed by atoms with Crippen LogP contribution in [0.1, 0.15) is 5.56 Å². The number of ether oxygens (including phenoxy) is 1. The van der Waals surface area contributed by atoms with Crippen LogP contribution in [0.15, 0.2) is 107 Å². The Kier molecular flexibility index (Phi) is 6.98. The molecule has 0 atom stereocenters. The molecular formula is C28H21NO6S2. The highest BCUT2D eigenvalue weighted by Gasteiger charge is 2.34. The highest BCUT2D eigenvalue weighted by atomic mass is 32.2. The molecule has 1 aliphatic heterocycles. The minimum Gasteiger partial charge on any atom is -0.491 e. The summed E-state index contributed by atoms with van der Waals surface area (Å²) in [7, 11) is -4.00. The number of rotatable bonds is 8. The van der Waals surface area contributed by atoms with E-state index in [9.17, 15) is 18.0 Å². The third-order valence-electron chi connectivity index (χ3n) is 5.59. The summed E-state index contributed by atoms with van der Waals surface area (Å²) in [6.07, 6.45) is 1.54.